The lowest BCUT2D eigenvalue weighted by Crippen LogP contribution is -2.29. The second-order valence-corrected chi connectivity index (χ2v) is 8.67. The quantitative estimate of drug-likeness (QED) is 0.284. The Kier molecular flexibility index (Phi) is 6.12. The molecular weight excluding hydrogens is 451 g/mol. The topological polar surface area (TPSA) is 57.6 Å². The summed E-state index contributed by atoms with van der Waals surface area (Å²) in [5.74, 6) is -2.03. The molecule has 2 heterocycles. The van der Waals surface area contributed by atoms with E-state index in [4.69, 9.17) is 0 Å². The van der Waals surface area contributed by atoms with Crippen molar-refractivity contribution in [2.24, 2.45) is 0 Å². The first-order valence-electron chi connectivity index (χ1n) is 10.3. The largest absolute Gasteiger partial charge is 0.507 e. The van der Waals surface area contributed by atoms with Gasteiger partial charge in [0.1, 0.15) is 5.76 Å². The highest BCUT2D eigenvalue weighted by Gasteiger charge is 2.46. The van der Waals surface area contributed by atoms with Crippen molar-refractivity contribution in [2.45, 2.75) is 32.1 Å². The lowest BCUT2D eigenvalue weighted by Gasteiger charge is -2.24. The molecule has 1 saturated heterocycles. The summed E-state index contributed by atoms with van der Waals surface area (Å²) in [6.07, 6.45) is -3.72. The number of carbonyl (C=O) groups is 2. The molecule has 33 heavy (non-hydrogen) atoms. The number of thiophene rings is 1. The SMILES string of the molecule is CCc1ccc(/C(O)=C2/C(=O)C(=O)N(Cc3cccc(C(F)(F)F)c3)C2c2cccs2)cc1. The third-order valence-corrected chi connectivity index (χ3v) is 6.52. The van der Waals surface area contributed by atoms with Crippen LogP contribution in [0.15, 0.2) is 71.6 Å². The smallest absolute Gasteiger partial charge is 0.416 e. The standard InChI is InChI=1S/C25H20F3NO3S/c1-2-15-8-10-17(11-9-15)22(30)20-21(19-7-4-12-33-19)29(24(32)23(20)31)14-16-5-3-6-18(13-16)25(26,27)28/h3-13,21,30H,2,14H2,1H3/b22-20-. The lowest BCUT2D eigenvalue weighted by atomic mass is 9.99. The molecule has 1 unspecified atom stereocenters. The molecule has 0 radical (unpaired) electrons. The Morgan fingerprint density at radius 1 is 1.03 bits per heavy atom. The predicted octanol–water partition coefficient (Wildman–Crippen LogP) is 5.95. The zero-order valence-corrected chi connectivity index (χ0v) is 18.4. The molecule has 1 aliphatic heterocycles. The number of hydrogen-bond acceptors (Lipinski definition) is 4. The number of ketones is 1. The summed E-state index contributed by atoms with van der Waals surface area (Å²) in [5.41, 5.74) is 0.775. The molecule has 1 atom stereocenters. The highest BCUT2D eigenvalue weighted by atomic mass is 32.1. The third-order valence-electron chi connectivity index (χ3n) is 5.60. The van der Waals surface area contributed by atoms with Gasteiger partial charge in [0.05, 0.1) is 17.2 Å². The normalized spacial score (nSPS) is 18.2. The van der Waals surface area contributed by atoms with Gasteiger partial charge in [0.15, 0.2) is 0 Å². The summed E-state index contributed by atoms with van der Waals surface area (Å²) in [6.45, 7) is 1.79. The molecule has 1 amide bonds. The van der Waals surface area contributed by atoms with Crippen LogP contribution in [0.2, 0.25) is 0 Å². The molecule has 1 aliphatic rings. The van der Waals surface area contributed by atoms with Crippen molar-refractivity contribution in [2.75, 3.05) is 0 Å². The number of aliphatic hydroxyl groups is 1. The second kappa shape index (κ2) is 8.86. The zero-order chi connectivity index (χ0) is 23.8. The number of likely N-dealkylation sites (tertiary alicyclic amines) is 1. The molecule has 4 rings (SSSR count). The molecule has 2 aromatic carbocycles. The minimum atomic E-state index is -4.53. The van der Waals surface area contributed by atoms with Crippen molar-refractivity contribution in [3.63, 3.8) is 0 Å². The van der Waals surface area contributed by atoms with Crippen LogP contribution in [-0.4, -0.2) is 21.7 Å². The van der Waals surface area contributed by atoms with Crippen molar-refractivity contribution >= 4 is 28.8 Å². The van der Waals surface area contributed by atoms with Gasteiger partial charge in [0.2, 0.25) is 0 Å². The van der Waals surface area contributed by atoms with Crippen LogP contribution in [0.4, 0.5) is 13.2 Å². The first-order valence-corrected chi connectivity index (χ1v) is 11.2. The molecule has 3 aromatic rings. The van der Waals surface area contributed by atoms with Gasteiger partial charge in [0.25, 0.3) is 11.7 Å². The first kappa shape index (κ1) is 22.8. The number of aryl methyl sites for hydroxylation is 1. The van der Waals surface area contributed by atoms with Gasteiger partial charge in [-0.25, -0.2) is 0 Å². The fraction of sp³-hybridized carbons (Fsp3) is 0.200. The second-order valence-electron chi connectivity index (χ2n) is 7.69. The molecule has 4 nitrogen and oxygen atoms in total. The molecule has 170 valence electrons. The van der Waals surface area contributed by atoms with Gasteiger partial charge in [-0.05, 0) is 41.1 Å². The van der Waals surface area contributed by atoms with Crippen LogP contribution in [0.5, 0.6) is 0 Å². The van der Waals surface area contributed by atoms with E-state index in [1.807, 2.05) is 19.1 Å². The Balaban J connectivity index is 1.78. The Morgan fingerprint density at radius 3 is 2.36 bits per heavy atom. The van der Waals surface area contributed by atoms with E-state index in [0.29, 0.717) is 10.4 Å². The molecule has 0 saturated carbocycles. The van der Waals surface area contributed by atoms with Crippen LogP contribution < -0.4 is 0 Å². The Bertz CT molecular complexity index is 1210. The van der Waals surface area contributed by atoms with Gasteiger partial charge in [0, 0.05) is 17.0 Å². The van der Waals surface area contributed by atoms with Gasteiger partial charge in [-0.1, -0.05) is 49.4 Å². The monoisotopic (exact) mass is 471 g/mol. The van der Waals surface area contributed by atoms with E-state index in [-0.39, 0.29) is 23.4 Å². The summed E-state index contributed by atoms with van der Waals surface area (Å²) >= 11 is 1.30. The maximum atomic E-state index is 13.2. The minimum absolute atomic E-state index is 0.0707. The van der Waals surface area contributed by atoms with E-state index in [1.165, 1.54) is 28.4 Å². The van der Waals surface area contributed by atoms with Gasteiger partial charge < -0.3 is 10.0 Å². The van der Waals surface area contributed by atoms with Crippen LogP contribution in [0, 0.1) is 0 Å². The van der Waals surface area contributed by atoms with Gasteiger partial charge in [-0.2, -0.15) is 13.2 Å². The maximum absolute atomic E-state index is 13.2. The molecule has 8 heteroatoms. The fourth-order valence-electron chi connectivity index (χ4n) is 3.88. The fourth-order valence-corrected chi connectivity index (χ4v) is 4.73. The third kappa shape index (κ3) is 4.43. The van der Waals surface area contributed by atoms with Crippen molar-refractivity contribution in [1.29, 1.82) is 0 Å². The summed E-state index contributed by atoms with van der Waals surface area (Å²) in [7, 11) is 0. The van der Waals surface area contributed by atoms with Crippen LogP contribution >= 0.6 is 11.3 Å². The number of carbonyl (C=O) groups excluding carboxylic acids is 2. The van der Waals surface area contributed by atoms with Gasteiger partial charge in [-0.3, -0.25) is 9.59 Å². The maximum Gasteiger partial charge on any atom is 0.416 e. The highest BCUT2D eigenvalue weighted by Crippen LogP contribution is 2.42. The van der Waals surface area contributed by atoms with Crippen molar-refractivity contribution in [3.05, 3.63) is 98.7 Å². The molecule has 0 spiro atoms. The molecule has 1 fully saturated rings. The summed E-state index contributed by atoms with van der Waals surface area (Å²) in [5, 5.41) is 12.8. The van der Waals surface area contributed by atoms with Gasteiger partial charge >= 0.3 is 6.18 Å². The average molecular weight is 472 g/mol. The predicted molar refractivity (Wildman–Crippen MR) is 119 cm³/mol. The Labute approximate surface area is 192 Å². The number of Topliss-reactive ketones (excluding diaryl/α,β-unsaturated/α-hetero) is 1. The average Bonchev–Trinajstić information content (AvgIpc) is 3.41. The summed E-state index contributed by atoms with van der Waals surface area (Å²) in [4.78, 5) is 27.8. The zero-order valence-electron chi connectivity index (χ0n) is 17.6. The molecule has 0 bridgehead atoms. The highest BCUT2D eigenvalue weighted by molar-refractivity contribution is 7.10. The number of rotatable bonds is 5. The number of benzene rings is 2. The van der Waals surface area contributed by atoms with Crippen LogP contribution in [-0.2, 0) is 28.7 Å². The summed E-state index contributed by atoms with van der Waals surface area (Å²) < 4.78 is 39.5. The van der Waals surface area contributed by atoms with Crippen LogP contribution in [0.3, 0.4) is 0 Å². The van der Waals surface area contributed by atoms with E-state index in [9.17, 15) is 27.9 Å². The number of amides is 1. The minimum Gasteiger partial charge on any atom is -0.507 e. The lowest BCUT2D eigenvalue weighted by molar-refractivity contribution is -0.140. The van der Waals surface area contributed by atoms with Crippen LogP contribution in [0.25, 0.3) is 5.76 Å². The first-order chi connectivity index (χ1) is 15.7. The molecule has 1 aromatic heterocycles. The van der Waals surface area contributed by atoms with Crippen molar-refractivity contribution in [3.8, 4) is 0 Å². The number of nitrogens with zero attached hydrogens (tertiary/aromatic N) is 1. The molecule has 0 aliphatic carbocycles. The number of aliphatic hydroxyl groups excluding tert-OH is 1. The number of halogens is 3. The van der Waals surface area contributed by atoms with Crippen LogP contribution in [0.1, 0.15) is 40.1 Å². The Hall–Kier alpha value is -3.39. The number of hydrogen-bond donors (Lipinski definition) is 1. The molecular formula is C25H20F3NO3S. The van der Waals surface area contributed by atoms with E-state index in [2.05, 4.69) is 0 Å². The van der Waals surface area contributed by atoms with Gasteiger partial charge in [-0.15, -0.1) is 11.3 Å². The molecule has 1 N–H and O–H groups in total. The summed E-state index contributed by atoms with van der Waals surface area (Å²) in [6, 6.07) is 14.3. The number of alkyl halides is 3. The van der Waals surface area contributed by atoms with Crippen molar-refractivity contribution in [1.82, 2.24) is 4.90 Å². The van der Waals surface area contributed by atoms with E-state index >= 15 is 0 Å². The van der Waals surface area contributed by atoms with E-state index in [1.54, 1.807) is 29.6 Å². The van der Waals surface area contributed by atoms with E-state index < -0.39 is 29.5 Å². The Morgan fingerprint density at radius 2 is 1.76 bits per heavy atom. The van der Waals surface area contributed by atoms with Crippen molar-refractivity contribution < 1.29 is 27.9 Å². The van der Waals surface area contributed by atoms with E-state index in [0.717, 1.165) is 24.1 Å².